The molecule has 0 fully saturated rings. The molecule has 0 spiro atoms. The number of carbonyl (C=O) groups is 1. The molecule has 9 heteroatoms. The molecule has 0 aliphatic rings. The lowest BCUT2D eigenvalue weighted by Gasteiger charge is -2.09. The second-order valence-corrected chi connectivity index (χ2v) is 6.30. The standard InChI is InChI=1S/C19H14ClN5O3/c1-28-15-7-2-4-12(8-15)18(26)23-24-11-21-17-16(19(24)27)10-22-25(17)14-6-3-5-13(20)9-14/h2-11H,1H3,(H,23,26). The number of benzene rings is 2. The van der Waals surface area contributed by atoms with Crippen LogP contribution in [-0.2, 0) is 0 Å². The summed E-state index contributed by atoms with van der Waals surface area (Å²) in [6.07, 6.45) is 2.64. The summed E-state index contributed by atoms with van der Waals surface area (Å²) in [5, 5.41) is 5.02. The van der Waals surface area contributed by atoms with E-state index in [1.165, 1.54) is 24.3 Å². The first kappa shape index (κ1) is 17.7. The van der Waals surface area contributed by atoms with E-state index in [1.807, 2.05) is 0 Å². The van der Waals surface area contributed by atoms with E-state index in [1.54, 1.807) is 48.5 Å². The highest BCUT2D eigenvalue weighted by atomic mass is 35.5. The Bertz CT molecular complexity index is 1250. The molecule has 0 saturated carbocycles. The van der Waals surface area contributed by atoms with Crippen molar-refractivity contribution in [1.82, 2.24) is 19.4 Å². The van der Waals surface area contributed by atoms with Crippen LogP contribution in [0.25, 0.3) is 16.7 Å². The first-order valence-corrected chi connectivity index (χ1v) is 8.61. The number of nitrogens with zero attached hydrogens (tertiary/aromatic N) is 4. The number of amides is 1. The van der Waals surface area contributed by atoms with Crippen molar-refractivity contribution >= 4 is 28.5 Å². The maximum absolute atomic E-state index is 12.7. The average Bonchev–Trinajstić information content (AvgIpc) is 3.15. The molecule has 0 unspecified atom stereocenters. The number of hydrogen-bond donors (Lipinski definition) is 1. The fourth-order valence-corrected chi connectivity index (χ4v) is 2.91. The van der Waals surface area contributed by atoms with Crippen LogP contribution in [0.4, 0.5) is 0 Å². The van der Waals surface area contributed by atoms with Crippen LogP contribution in [-0.4, -0.2) is 32.5 Å². The first-order chi connectivity index (χ1) is 13.6. The average molecular weight is 396 g/mol. The molecule has 2 aromatic carbocycles. The summed E-state index contributed by atoms with van der Waals surface area (Å²) in [5.41, 5.74) is 3.45. The number of hydrogen-bond acceptors (Lipinski definition) is 5. The highest BCUT2D eigenvalue weighted by molar-refractivity contribution is 6.30. The van der Waals surface area contributed by atoms with Gasteiger partial charge in [0.1, 0.15) is 17.5 Å². The lowest BCUT2D eigenvalue weighted by molar-refractivity contribution is 0.101. The van der Waals surface area contributed by atoms with Gasteiger partial charge in [0.05, 0.1) is 19.0 Å². The van der Waals surface area contributed by atoms with Gasteiger partial charge in [0.15, 0.2) is 5.65 Å². The summed E-state index contributed by atoms with van der Waals surface area (Å²) in [6, 6.07) is 13.6. The molecule has 1 amide bonds. The Balaban J connectivity index is 1.69. The van der Waals surface area contributed by atoms with E-state index in [2.05, 4.69) is 15.5 Å². The smallest absolute Gasteiger partial charge is 0.283 e. The van der Waals surface area contributed by atoms with Crippen molar-refractivity contribution in [2.75, 3.05) is 12.5 Å². The van der Waals surface area contributed by atoms with Crippen molar-refractivity contribution in [3.05, 3.63) is 82.0 Å². The zero-order chi connectivity index (χ0) is 19.7. The van der Waals surface area contributed by atoms with E-state index in [4.69, 9.17) is 16.3 Å². The Morgan fingerprint density at radius 3 is 2.79 bits per heavy atom. The number of fused-ring (bicyclic) bond motifs is 1. The van der Waals surface area contributed by atoms with Crippen molar-refractivity contribution in [2.24, 2.45) is 0 Å². The van der Waals surface area contributed by atoms with E-state index >= 15 is 0 Å². The molecule has 0 saturated heterocycles. The quantitative estimate of drug-likeness (QED) is 0.573. The Kier molecular flexibility index (Phi) is 4.54. The van der Waals surface area contributed by atoms with Gasteiger partial charge in [0, 0.05) is 10.6 Å². The fraction of sp³-hybridized carbons (Fsp3) is 0.0526. The molecule has 4 rings (SSSR count). The van der Waals surface area contributed by atoms with Crippen molar-refractivity contribution in [3.63, 3.8) is 0 Å². The molecule has 4 aromatic rings. The van der Waals surface area contributed by atoms with E-state index in [-0.39, 0.29) is 5.39 Å². The van der Waals surface area contributed by atoms with Gasteiger partial charge in [-0.05, 0) is 36.4 Å². The first-order valence-electron chi connectivity index (χ1n) is 8.23. The van der Waals surface area contributed by atoms with Gasteiger partial charge < -0.3 is 4.74 Å². The van der Waals surface area contributed by atoms with Gasteiger partial charge in [-0.1, -0.05) is 23.7 Å². The Labute approximate surface area is 163 Å². The number of carbonyl (C=O) groups excluding carboxylic acids is 1. The van der Waals surface area contributed by atoms with Crippen LogP contribution in [0.1, 0.15) is 10.4 Å². The van der Waals surface area contributed by atoms with E-state index in [9.17, 15) is 9.59 Å². The maximum atomic E-state index is 12.7. The van der Waals surface area contributed by atoms with Gasteiger partial charge in [-0.3, -0.25) is 15.0 Å². The van der Waals surface area contributed by atoms with Gasteiger partial charge in [0.2, 0.25) is 0 Å². The zero-order valence-electron chi connectivity index (χ0n) is 14.7. The lowest BCUT2D eigenvalue weighted by Crippen LogP contribution is -2.33. The topological polar surface area (TPSA) is 91.0 Å². The Morgan fingerprint density at radius 1 is 1.18 bits per heavy atom. The van der Waals surface area contributed by atoms with Crippen LogP contribution in [0.2, 0.25) is 5.02 Å². The molecule has 0 bridgehead atoms. The normalized spacial score (nSPS) is 10.8. The summed E-state index contributed by atoms with van der Waals surface area (Å²) >= 11 is 6.02. The highest BCUT2D eigenvalue weighted by Gasteiger charge is 2.14. The minimum atomic E-state index is -0.468. The number of halogens is 1. The summed E-state index contributed by atoms with van der Waals surface area (Å²) in [4.78, 5) is 29.4. The molecule has 0 aliphatic heterocycles. The van der Waals surface area contributed by atoms with Crippen molar-refractivity contribution in [2.45, 2.75) is 0 Å². The predicted molar refractivity (Wildman–Crippen MR) is 105 cm³/mol. The zero-order valence-corrected chi connectivity index (χ0v) is 15.4. The third-order valence-electron chi connectivity index (χ3n) is 4.10. The number of nitrogens with one attached hydrogen (secondary N) is 1. The summed E-state index contributed by atoms with van der Waals surface area (Å²) in [7, 11) is 1.51. The van der Waals surface area contributed by atoms with Crippen LogP contribution in [0.3, 0.4) is 0 Å². The summed E-state index contributed by atoms with van der Waals surface area (Å²) < 4.78 is 7.64. The molecule has 0 atom stereocenters. The minimum absolute atomic E-state index is 0.258. The summed E-state index contributed by atoms with van der Waals surface area (Å²) in [6.45, 7) is 0. The number of methoxy groups -OCH3 is 1. The monoisotopic (exact) mass is 395 g/mol. The van der Waals surface area contributed by atoms with Gasteiger partial charge >= 0.3 is 0 Å². The highest BCUT2D eigenvalue weighted by Crippen LogP contribution is 2.17. The molecule has 28 heavy (non-hydrogen) atoms. The van der Waals surface area contributed by atoms with Gasteiger partial charge in [-0.15, -0.1) is 0 Å². The lowest BCUT2D eigenvalue weighted by atomic mass is 10.2. The molecular weight excluding hydrogens is 382 g/mol. The van der Waals surface area contributed by atoms with Crippen molar-refractivity contribution in [3.8, 4) is 11.4 Å². The molecule has 2 aromatic heterocycles. The van der Waals surface area contributed by atoms with Crippen LogP contribution >= 0.6 is 11.6 Å². The van der Waals surface area contributed by atoms with Crippen LogP contribution in [0.15, 0.2) is 65.8 Å². The molecule has 140 valence electrons. The van der Waals surface area contributed by atoms with E-state index in [0.29, 0.717) is 27.7 Å². The SMILES string of the molecule is COc1cccc(C(=O)Nn2cnc3c(cnn3-c3cccc(Cl)c3)c2=O)c1. The molecular formula is C19H14ClN5O3. The predicted octanol–water partition coefficient (Wildman–Crippen LogP) is 2.63. The van der Waals surface area contributed by atoms with Gasteiger partial charge in [0.25, 0.3) is 11.5 Å². The number of rotatable bonds is 4. The minimum Gasteiger partial charge on any atom is -0.497 e. The second-order valence-electron chi connectivity index (χ2n) is 5.87. The number of ether oxygens (including phenoxy) is 1. The largest absolute Gasteiger partial charge is 0.497 e. The number of aromatic nitrogens is 4. The van der Waals surface area contributed by atoms with Crippen LogP contribution in [0, 0.1) is 0 Å². The molecule has 2 heterocycles. The third kappa shape index (κ3) is 3.21. The van der Waals surface area contributed by atoms with Gasteiger partial charge in [-0.2, -0.15) is 5.10 Å². The molecule has 8 nitrogen and oxygen atoms in total. The third-order valence-corrected chi connectivity index (χ3v) is 4.33. The molecule has 0 radical (unpaired) electrons. The Hall–Kier alpha value is -3.65. The second kappa shape index (κ2) is 7.16. The Morgan fingerprint density at radius 2 is 2.00 bits per heavy atom. The van der Waals surface area contributed by atoms with E-state index in [0.717, 1.165) is 4.68 Å². The molecule has 1 N–H and O–H groups in total. The van der Waals surface area contributed by atoms with E-state index < -0.39 is 11.5 Å². The van der Waals surface area contributed by atoms with Gasteiger partial charge in [-0.25, -0.2) is 14.3 Å². The summed E-state index contributed by atoms with van der Waals surface area (Å²) in [5.74, 6) is 0.0701. The van der Waals surface area contributed by atoms with Crippen LogP contribution in [0.5, 0.6) is 5.75 Å². The maximum Gasteiger partial charge on any atom is 0.283 e. The molecule has 0 aliphatic carbocycles. The van der Waals surface area contributed by atoms with Crippen LogP contribution < -0.4 is 15.7 Å². The van der Waals surface area contributed by atoms with Crippen molar-refractivity contribution < 1.29 is 9.53 Å². The van der Waals surface area contributed by atoms with Crippen molar-refractivity contribution in [1.29, 1.82) is 0 Å². The fourth-order valence-electron chi connectivity index (χ4n) is 2.73.